The summed E-state index contributed by atoms with van der Waals surface area (Å²) in [5, 5.41) is 2.39. The van der Waals surface area contributed by atoms with Crippen molar-refractivity contribution in [3.8, 4) is 11.3 Å². The highest BCUT2D eigenvalue weighted by Gasteiger charge is 2.36. The molecule has 6 nitrogen and oxygen atoms in total. The van der Waals surface area contributed by atoms with E-state index in [0.29, 0.717) is 38.9 Å². The van der Waals surface area contributed by atoms with Crippen molar-refractivity contribution in [2.75, 3.05) is 11.9 Å². The molecule has 1 aliphatic heterocycles. The van der Waals surface area contributed by atoms with Gasteiger partial charge < -0.3 is 9.73 Å². The van der Waals surface area contributed by atoms with Crippen molar-refractivity contribution in [1.82, 2.24) is 4.90 Å². The fraction of sp³-hybridized carbons (Fsp3) is 0.0455. The molecule has 3 amide bonds. The van der Waals surface area contributed by atoms with E-state index >= 15 is 0 Å². The van der Waals surface area contributed by atoms with Crippen molar-refractivity contribution in [2.24, 2.45) is 0 Å². The third-order valence-electron chi connectivity index (χ3n) is 4.50. The van der Waals surface area contributed by atoms with E-state index in [1.165, 1.54) is 18.2 Å². The fourth-order valence-corrected chi connectivity index (χ4v) is 4.35. The number of carbonyl (C=O) groups excluding carboxylic acids is 3. The molecule has 1 N–H and O–H groups in total. The Hall–Kier alpha value is -2.78. The molecule has 1 saturated heterocycles. The topological polar surface area (TPSA) is 79.6 Å². The number of hydrogen-bond acceptors (Lipinski definition) is 5. The number of thioether (sulfide) groups is 1. The molecular formula is C22H12Cl3FN2O4S. The molecule has 0 bridgehead atoms. The number of hydrogen-bond donors (Lipinski definition) is 1. The van der Waals surface area contributed by atoms with Gasteiger partial charge in [0.15, 0.2) is 0 Å². The number of anilines is 1. The van der Waals surface area contributed by atoms with Crippen LogP contribution in [0.1, 0.15) is 5.76 Å². The van der Waals surface area contributed by atoms with Crippen LogP contribution in [-0.2, 0) is 9.59 Å². The Morgan fingerprint density at radius 2 is 1.88 bits per heavy atom. The smallest absolute Gasteiger partial charge is 0.294 e. The highest BCUT2D eigenvalue weighted by molar-refractivity contribution is 8.18. The van der Waals surface area contributed by atoms with Crippen molar-refractivity contribution < 1.29 is 23.2 Å². The SMILES string of the molecule is O=C(CN1C(=O)S/C(=C/c2ccc(-c3cccc(Cl)c3Cl)o2)C1=O)Nc1ccc(F)c(Cl)c1. The van der Waals surface area contributed by atoms with Crippen LogP contribution < -0.4 is 5.32 Å². The Labute approximate surface area is 206 Å². The number of furan rings is 1. The number of halogens is 4. The Bertz CT molecular complexity index is 1320. The lowest BCUT2D eigenvalue weighted by molar-refractivity contribution is -0.127. The molecule has 2 aromatic carbocycles. The van der Waals surface area contributed by atoms with E-state index in [2.05, 4.69) is 5.32 Å². The number of nitrogens with zero attached hydrogens (tertiary/aromatic N) is 1. The number of carbonyl (C=O) groups is 3. The summed E-state index contributed by atoms with van der Waals surface area (Å²) in [6.45, 7) is -0.515. The molecule has 2 heterocycles. The Morgan fingerprint density at radius 1 is 1.09 bits per heavy atom. The molecule has 1 aliphatic rings. The molecule has 4 rings (SSSR count). The van der Waals surface area contributed by atoms with Crippen molar-refractivity contribution >= 4 is 75.4 Å². The van der Waals surface area contributed by atoms with Gasteiger partial charge in [0.2, 0.25) is 5.91 Å². The first-order chi connectivity index (χ1) is 15.7. The first kappa shape index (κ1) is 23.4. The maximum atomic E-state index is 13.3. The van der Waals surface area contributed by atoms with Gasteiger partial charge in [-0.25, -0.2) is 4.39 Å². The predicted molar refractivity (Wildman–Crippen MR) is 127 cm³/mol. The minimum Gasteiger partial charge on any atom is -0.457 e. The summed E-state index contributed by atoms with van der Waals surface area (Å²) in [6, 6.07) is 12.0. The Morgan fingerprint density at radius 3 is 2.64 bits per heavy atom. The molecule has 0 saturated carbocycles. The van der Waals surface area contributed by atoms with Crippen LogP contribution in [-0.4, -0.2) is 28.5 Å². The van der Waals surface area contributed by atoms with Gasteiger partial charge in [-0.15, -0.1) is 0 Å². The molecule has 168 valence electrons. The van der Waals surface area contributed by atoms with Crippen LogP contribution in [0.15, 0.2) is 57.9 Å². The lowest BCUT2D eigenvalue weighted by Gasteiger charge is -2.12. The van der Waals surface area contributed by atoms with Gasteiger partial charge in [-0.05, 0) is 54.2 Å². The highest BCUT2D eigenvalue weighted by atomic mass is 35.5. The number of benzene rings is 2. The second-order valence-electron chi connectivity index (χ2n) is 6.75. The highest BCUT2D eigenvalue weighted by Crippen LogP contribution is 2.36. The molecular weight excluding hydrogens is 514 g/mol. The van der Waals surface area contributed by atoms with Crippen LogP contribution in [0.25, 0.3) is 17.4 Å². The van der Waals surface area contributed by atoms with Crippen molar-refractivity contribution in [3.63, 3.8) is 0 Å². The first-order valence-electron chi connectivity index (χ1n) is 9.27. The second-order valence-corrected chi connectivity index (χ2v) is 8.93. The number of imide groups is 1. The molecule has 0 atom stereocenters. The van der Waals surface area contributed by atoms with Gasteiger partial charge in [0, 0.05) is 17.3 Å². The van der Waals surface area contributed by atoms with Gasteiger partial charge in [-0.3, -0.25) is 19.3 Å². The van der Waals surface area contributed by atoms with Crippen molar-refractivity contribution in [1.29, 1.82) is 0 Å². The Kier molecular flexibility index (Phi) is 6.81. The quantitative estimate of drug-likeness (QED) is 0.374. The molecule has 0 unspecified atom stereocenters. The Balaban J connectivity index is 1.47. The monoisotopic (exact) mass is 524 g/mol. The van der Waals surface area contributed by atoms with E-state index < -0.39 is 29.4 Å². The zero-order chi connectivity index (χ0) is 23.7. The first-order valence-corrected chi connectivity index (χ1v) is 11.2. The van der Waals surface area contributed by atoms with Crippen LogP contribution >= 0.6 is 46.6 Å². The standard InChI is InChI=1S/C22H12Cl3FN2O4S/c23-14-3-1-2-13(20(14)25)17-7-5-12(32-17)9-18-21(30)28(22(31)33-18)10-19(29)27-11-4-6-16(26)15(24)8-11/h1-9H,10H2,(H,27,29)/b18-9+. The second kappa shape index (κ2) is 9.61. The third kappa shape index (κ3) is 5.09. The van der Waals surface area contributed by atoms with Crippen molar-refractivity contribution in [2.45, 2.75) is 0 Å². The fourth-order valence-electron chi connectivity index (χ4n) is 2.95. The molecule has 3 aromatic rings. The minimum absolute atomic E-state index is 0.0933. The van der Waals surface area contributed by atoms with Gasteiger partial charge in [-0.1, -0.05) is 40.9 Å². The van der Waals surface area contributed by atoms with E-state index in [1.54, 1.807) is 30.3 Å². The van der Waals surface area contributed by atoms with Crippen LogP contribution in [0.2, 0.25) is 15.1 Å². The molecule has 0 aliphatic carbocycles. The summed E-state index contributed by atoms with van der Waals surface area (Å²) in [5.41, 5.74) is 0.811. The number of nitrogens with one attached hydrogen (secondary N) is 1. The summed E-state index contributed by atoms with van der Waals surface area (Å²) in [4.78, 5) is 38.1. The van der Waals surface area contributed by atoms with Gasteiger partial charge in [0.1, 0.15) is 23.9 Å². The molecule has 11 heteroatoms. The molecule has 0 radical (unpaired) electrons. The minimum atomic E-state index is -0.643. The van der Waals surface area contributed by atoms with E-state index in [-0.39, 0.29) is 15.6 Å². The van der Waals surface area contributed by atoms with E-state index in [1.807, 2.05) is 0 Å². The largest absolute Gasteiger partial charge is 0.457 e. The number of rotatable bonds is 5. The molecule has 1 aromatic heterocycles. The summed E-state index contributed by atoms with van der Waals surface area (Å²) >= 11 is 18.6. The zero-order valence-electron chi connectivity index (χ0n) is 16.4. The van der Waals surface area contributed by atoms with E-state index in [0.717, 1.165) is 11.0 Å². The molecule has 33 heavy (non-hydrogen) atoms. The summed E-state index contributed by atoms with van der Waals surface area (Å²) < 4.78 is 19.0. The van der Waals surface area contributed by atoms with Gasteiger partial charge >= 0.3 is 0 Å². The normalized spacial score (nSPS) is 14.9. The van der Waals surface area contributed by atoms with Gasteiger partial charge in [0.25, 0.3) is 11.1 Å². The lowest BCUT2D eigenvalue weighted by atomic mass is 10.2. The van der Waals surface area contributed by atoms with Gasteiger partial charge in [-0.2, -0.15) is 0 Å². The maximum absolute atomic E-state index is 13.3. The maximum Gasteiger partial charge on any atom is 0.294 e. The van der Waals surface area contributed by atoms with E-state index in [4.69, 9.17) is 39.2 Å². The molecule has 0 spiro atoms. The van der Waals surface area contributed by atoms with Crippen LogP contribution in [0.4, 0.5) is 14.9 Å². The number of amides is 3. The predicted octanol–water partition coefficient (Wildman–Crippen LogP) is 6.72. The summed E-state index contributed by atoms with van der Waals surface area (Å²) in [7, 11) is 0. The molecule has 1 fully saturated rings. The van der Waals surface area contributed by atoms with Crippen LogP contribution in [0.5, 0.6) is 0 Å². The average Bonchev–Trinajstić information content (AvgIpc) is 3.33. The zero-order valence-corrected chi connectivity index (χ0v) is 19.5. The van der Waals surface area contributed by atoms with Gasteiger partial charge in [0.05, 0.1) is 20.0 Å². The van der Waals surface area contributed by atoms with Crippen molar-refractivity contribution in [3.05, 3.63) is 80.1 Å². The average molecular weight is 526 g/mol. The summed E-state index contributed by atoms with van der Waals surface area (Å²) in [5.74, 6) is -1.17. The van der Waals surface area contributed by atoms with Crippen LogP contribution in [0.3, 0.4) is 0 Å². The third-order valence-corrected chi connectivity index (χ3v) is 6.51. The van der Waals surface area contributed by atoms with E-state index in [9.17, 15) is 18.8 Å². The van der Waals surface area contributed by atoms with Crippen LogP contribution in [0, 0.1) is 5.82 Å². The lowest BCUT2D eigenvalue weighted by Crippen LogP contribution is -2.36. The summed E-state index contributed by atoms with van der Waals surface area (Å²) in [6.07, 6.45) is 1.41.